The fourth-order valence-corrected chi connectivity index (χ4v) is 1.51. The number of hydrogen-bond donors (Lipinski definition) is 1. The minimum atomic E-state index is 0.353. The van der Waals surface area contributed by atoms with E-state index < -0.39 is 0 Å². The molecule has 0 radical (unpaired) electrons. The molecule has 1 aromatic heterocycles. The van der Waals surface area contributed by atoms with Gasteiger partial charge < -0.3 is 4.74 Å². The molecule has 4 nitrogen and oxygen atoms in total. The minimum absolute atomic E-state index is 0.353. The molecule has 1 unspecified atom stereocenters. The Morgan fingerprint density at radius 3 is 3.25 bits per heavy atom. The molecule has 1 aliphatic rings. The zero-order chi connectivity index (χ0) is 8.23. The van der Waals surface area contributed by atoms with Gasteiger partial charge in [0.2, 0.25) is 0 Å². The molecular formula is C8H13N3O. The number of nitrogens with zero attached hydrogens (tertiary/aromatic N) is 2. The van der Waals surface area contributed by atoms with Crippen LogP contribution in [0.1, 0.15) is 25.1 Å². The summed E-state index contributed by atoms with van der Waals surface area (Å²) < 4.78 is 5.56. The van der Waals surface area contributed by atoms with Crippen molar-refractivity contribution in [1.29, 1.82) is 0 Å². The zero-order valence-corrected chi connectivity index (χ0v) is 6.99. The first-order valence-corrected chi connectivity index (χ1v) is 4.41. The molecule has 12 heavy (non-hydrogen) atoms. The molecule has 66 valence electrons. The molecule has 0 spiro atoms. The molecular weight excluding hydrogens is 154 g/mol. The molecule has 0 aliphatic carbocycles. The second-order valence-electron chi connectivity index (χ2n) is 3.12. The van der Waals surface area contributed by atoms with E-state index in [-0.39, 0.29) is 0 Å². The highest BCUT2D eigenvalue weighted by Gasteiger charge is 2.15. The van der Waals surface area contributed by atoms with Crippen molar-refractivity contribution in [3.8, 4) is 0 Å². The van der Waals surface area contributed by atoms with Crippen molar-refractivity contribution in [2.45, 2.75) is 31.8 Å². The maximum absolute atomic E-state index is 5.56. The van der Waals surface area contributed by atoms with E-state index in [2.05, 4.69) is 15.2 Å². The van der Waals surface area contributed by atoms with Crippen LogP contribution in [0.4, 0.5) is 0 Å². The largest absolute Gasteiger partial charge is 0.378 e. The number of H-pyrrole nitrogens is 1. The van der Waals surface area contributed by atoms with Gasteiger partial charge in [-0.1, -0.05) is 0 Å². The molecule has 0 bridgehead atoms. The van der Waals surface area contributed by atoms with Crippen molar-refractivity contribution in [3.05, 3.63) is 12.2 Å². The van der Waals surface area contributed by atoms with Crippen LogP contribution in [0.15, 0.2) is 6.33 Å². The van der Waals surface area contributed by atoms with Crippen LogP contribution in [0.2, 0.25) is 0 Å². The zero-order valence-electron chi connectivity index (χ0n) is 6.99. The third kappa shape index (κ3) is 1.82. The van der Waals surface area contributed by atoms with Gasteiger partial charge in [0.1, 0.15) is 12.2 Å². The first-order chi connectivity index (χ1) is 5.95. The van der Waals surface area contributed by atoms with Gasteiger partial charge in [0.05, 0.1) is 6.10 Å². The highest BCUT2D eigenvalue weighted by atomic mass is 16.5. The molecule has 0 aromatic carbocycles. The van der Waals surface area contributed by atoms with Crippen LogP contribution in [0.5, 0.6) is 0 Å². The topological polar surface area (TPSA) is 50.8 Å². The van der Waals surface area contributed by atoms with Crippen LogP contribution in [-0.2, 0) is 11.2 Å². The fourth-order valence-electron chi connectivity index (χ4n) is 1.51. The summed E-state index contributed by atoms with van der Waals surface area (Å²) >= 11 is 0. The van der Waals surface area contributed by atoms with Crippen molar-refractivity contribution >= 4 is 0 Å². The molecule has 1 atom stereocenters. The first-order valence-electron chi connectivity index (χ1n) is 4.41. The van der Waals surface area contributed by atoms with Gasteiger partial charge in [-0.15, -0.1) is 0 Å². The Hall–Kier alpha value is -0.900. The van der Waals surface area contributed by atoms with E-state index in [4.69, 9.17) is 4.74 Å². The standard InChI is InChI=1S/C8H13N3O/c1-2-4-12-7(3-1)5-8-9-6-10-11-8/h6-7H,1-5H2,(H,9,10,11). The lowest BCUT2D eigenvalue weighted by Crippen LogP contribution is -2.21. The van der Waals surface area contributed by atoms with Crippen LogP contribution in [0.3, 0.4) is 0 Å². The van der Waals surface area contributed by atoms with Crippen LogP contribution in [0, 0.1) is 0 Å². The maximum atomic E-state index is 5.56. The molecule has 1 aromatic rings. The second kappa shape index (κ2) is 3.67. The average molecular weight is 167 g/mol. The highest BCUT2D eigenvalue weighted by molar-refractivity contribution is 4.84. The Morgan fingerprint density at radius 2 is 2.58 bits per heavy atom. The number of aromatic nitrogens is 3. The van der Waals surface area contributed by atoms with E-state index in [0.29, 0.717) is 6.10 Å². The second-order valence-corrected chi connectivity index (χ2v) is 3.12. The van der Waals surface area contributed by atoms with Crippen LogP contribution < -0.4 is 0 Å². The predicted molar refractivity (Wildman–Crippen MR) is 43.7 cm³/mol. The summed E-state index contributed by atoms with van der Waals surface area (Å²) in [5.41, 5.74) is 0. The van der Waals surface area contributed by atoms with E-state index in [1.807, 2.05) is 0 Å². The van der Waals surface area contributed by atoms with Gasteiger partial charge in [-0.05, 0) is 19.3 Å². The summed E-state index contributed by atoms with van der Waals surface area (Å²) in [6.45, 7) is 0.902. The van der Waals surface area contributed by atoms with Crippen LogP contribution in [0.25, 0.3) is 0 Å². The number of aromatic amines is 1. The van der Waals surface area contributed by atoms with Gasteiger partial charge in [0.25, 0.3) is 0 Å². The fraction of sp³-hybridized carbons (Fsp3) is 0.750. The Kier molecular flexibility index (Phi) is 2.36. The summed E-state index contributed by atoms with van der Waals surface area (Å²) in [7, 11) is 0. The molecule has 1 N–H and O–H groups in total. The lowest BCUT2D eigenvalue weighted by atomic mass is 10.1. The summed E-state index contributed by atoms with van der Waals surface area (Å²) in [6.07, 6.45) is 6.40. The van der Waals surface area contributed by atoms with Gasteiger partial charge in [-0.25, -0.2) is 4.98 Å². The Balaban J connectivity index is 1.86. The molecule has 2 rings (SSSR count). The van der Waals surface area contributed by atoms with E-state index in [1.54, 1.807) is 0 Å². The smallest absolute Gasteiger partial charge is 0.137 e. The molecule has 4 heteroatoms. The van der Waals surface area contributed by atoms with Crippen LogP contribution in [-0.4, -0.2) is 27.9 Å². The van der Waals surface area contributed by atoms with Gasteiger partial charge in [-0.2, -0.15) is 5.10 Å². The van der Waals surface area contributed by atoms with E-state index in [0.717, 1.165) is 25.3 Å². The molecule has 2 heterocycles. The van der Waals surface area contributed by atoms with Crippen molar-refractivity contribution in [1.82, 2.24) is 15.2 Å². The number of hydrogen-bond acceptors (Lipinski definition) is 3. The lowest BCUT2D eigenvalue weighted by molar-refractivity contribution is 0.0157. The average Bonchev–Trinajstić information content (AvgIpc) is 2.59. The number of rotatable bonds is 2. The van der Waals surface area contributed by atoms with Gasteiger partial charge in [0, 0.05) is 13.0 Å². The van der Waals surface area contributed by atoms with Crippen LogP contribution >= 0.6 is 0 Å². The summed E-state index contributed by atoms with van der Waals surface area (Å²) in [4.78, 5) is 4.06. The van der Waals surface area contributed by atoms with Crippen molar-refractivity contribution in [2.75, 3.05) is 6.61 Å². The molecule has 0 saturated carbocycles. The number of ether oxygens (including phenoxy) is 1. The van der Waals surface area contributed by atoms with Gasteiger partial charge >= 0.3 is 0 Å². The Labute approximate surface area is 71.3 Å². The van der Waals surface area contributed by atoms with Gasteiger partial charge in [0.15, 0.2) is 0 Å². The maximum Gasteiger partial charge on any atom is 0.137 e. The van der Waals surface area contributed by atoms with E-state index in [9.17, 15) is 0 Å². The molecule has 1 saturated heterocycles. The van der Waals surface area contributed by atoms with Gasteiger partial charge in [-0.3, -0.25) is 5.10 Å². The summed E-state index contributed by atoms with van der Waals surface area (Å²) in [6, 6.07) is 0. The quantitative estimate of drug-likeness (QED) is 0.712. The molecule has 0 amide bonds. The summed E-state index contributed by atoms with van der Waals surface area (Å²) in [5, 5.41) is 6.64. The Bertz CT molecular complexity index is 216. The number of nitrogens with one attached hydrogen (secondary N) is 1. The van der Waals surface area contributed by atoms with Crippen molar-refractivity contribution in [3.63, 3.8) is 0 Å². The normalized spacial score (nSPS) is 24.2. The predicted octanol–water partition coefficient (Wildman–Crippen LogP) is 0.916. The SMILES string of the molecule is c1n[nH]c(CC2CCCCO2)n1. The van der Waals surface area contributed by atoms with E-state index in [1.165, 1.54) is 19.2 Å². The molecule has 1 aliphatic heterocycles. The minimum Gasteiger partial charge on any atom is -0.378 e. The van der Waals surface area contributed by atoms with Crippen molar-refractivity contribution < 1.29 is 4.74 Å². The monoisotopic (exact) mass is 167 g/mol. The molecule has 1 fully saturated rings. The summed E-state index contributed by atoms with van der Waals surface area (Å²) in [5.74, 6) is 0.932. The lowest BCUT2D eigenvalue weighted by Gasteiger charge is -2.21. The van der Waals surface area contributed by atoms with Crippen molar-refractivity contribution in [2.24, 2.45) is 0 Å². The Morgan fingerprint density at radius 1 is 1.58 bits per heavy atom. The third-order valence-electron chi connectivity index (χ3n) is 2.16. The third-order valence-corrected chi connectivity index (χ3v) is 2.16. The van der Waals surface area contributed by atoms with E-state index >= 15 is 0 Å². The highest BCUT2D eigenvalue weighted by Crippen LogP contribution is 2.14. The first kappa shape index (κ1) is 7.73.